The van der Waals surface area contributed by atoms with Crippen LogP contribution in [0.3, 0.4) is 0 Å². The van der Waals surface area contributed by atoms with Gasteiger partial charge in [0, 0.05) is 62.1 Å². The predicted octanol–water partition coefficient (Wildman–Crippen LogP) is 6.21. The van der Waals surface area contributed by atoms with Crippen molar-refractivity contribution in [1.82, 2.24) is 19.6 Å². The van der Waals surface area contributed by atoms with Gasteiger partial charge >= 0.3 is 12.3 Å². The van der Waals surface area contributed by atoms with Crippen molar-refractivity contribution in [1.29, 1.82) is 0 Å². The molecule has 3 aliphatic rings. The first-order chi connectivity index (χ1) is 21.3. The Balaban J connectivity index is 1.07. The van der Waals surface area contributed by atoms with Gasteiger partial charge < -0.3 is 19.0 Å². The number of para-hydroxylation sites is 1. The second-order valence-electron chi connectivity index (χ2n) is 11.3. The Labute approximate surface area is 260 Å². The Morgan fingerprint density at radius 3 is 2.45 bits per heavy atom. The van der Waals surface area contributed by atoms with Crippen LogP contribution < -0.4 is 4.90 Å². The van der Waals surface area contributed by atoms with E-state index in [-0.39, 0.29) is 12.3 Å². The summed E-state index contributed by atoms with van der Waals surface area (Å²) in [5.74, 6) is 0.908. The summed E-state index contributed by atoms with van der Waals surface area (Å²) in [6.45, 7) is 9.72. The number of hydrogen-bond acceptors (Lipinski definition) is 8. The van der Waals surface area contributed by atoms with Crippen LogP contribution in [0, 0.1) is 0 Å². The molecule has 3 aliphatic heterocycles. The zero-order valence-electron chi connectivity index (χ0n) is 24.8. The molecule has 12 heteroatoms. The average molecular weight is 630 g/mol. The first-order valence-electron chi connectivity index (χ1n) is 15.2. The topological polar surface area (TPSA) is 55.6 Å². The second kappa shape index (κ2) is 13.4. The van der Waals surface area contributed by atoms with Gasteiger partial charge in [0.25, 0.3) is 0 Å². The largest absolute Gasteiger partial charge is 0.468 e. The number of ether oxygens (including phenoxy) is 1. The van der Waals surface area contributed by atoms with E-state index < -0.39 is 11.7 Å². The maximum absolute atomic E-state index is 13.6. The minimum Gasteiger partial charge on any atom is -0.468 e. The summed E-state index contributed by atoms with van der Waals surface area (Å²) in [6.07, 6.45) is -2.25. The number of fused-ring (bicyclic) bond motifs is 2. The second-order valence-corrected chi connectivity index (χ2v) is 12.4. The Kier molecular flexibility index (Phi) is 9.41. The van der Waals surface area contributed by atoms with Crippen LogP contribution in [0.15, 0.2) is 75.1 Å². The molecule has 1 amide bonds. The lowest BCUT2D eigenvalue weighted by atomic mass is 10.1. The van der Waals surface area contributed by atoms with E-state index >= 15 is 0 Å². The third-order valence-electron chi connectivity index (χ3n) is 8.54. The fourth-order valence-electron chi connectivity index (χ4n) is 6.30. The summed E-state index contributed by atoms with van der Waals surface area (Å²) in [6, 6.07) is 15.8. The summed E-state index contributed by atoms with van der Waals surface area (Å²) in [4.78, 5) is 25.7. The van der Waals surface area contributed by atoms with Gasteiger partial charge in [-0.25, -0.2) is 4.79 Å². The highest BCUT2D eigenvalue weighted by Crippen LogP contribution is 2.49. The number of amides is 1. The smallest absolute Gasteiger partial charge is 0.416 e. The number of rotatable bonds is 8. The number of piperazine rings is 2. The number of alkyl halides is 3. The number of carbonyl (C=O) groups is 1. The van der Waals surface area contributed by atoms with Crippen molar-refractivity contribution >= 4 is 29.2 Å². The molecule has 2 fully saturated rings. The molecule has 0 N–H and O–H groups in total. The maximum atomic E-state index is 13.6. The van der Waals surface area contributed by atoms with E-state index in [4.69, 9.17) is 9.15 Å². The minimum atomic E-state index is -4.39. The number of hydrogen-bond donors (Lipinski definition) is 0. The highest BCUT2D eigenvalue weighted by Gasteiger charge is 2.37. The maximum Gasteiger partial charge on any atom is 0.416 e. The number of nitrogens with zero attached hydrogens (tertiary/aromatic N) is 5. The molecular formula is C32H38F3N5O3S. The molecular weight excluding hydrogens is 591 g/mol. The van der Waals surface area contributed by atoms with Crippen LogP contribution in [-0.2, 0) is 17.5 Å². The van der Waals surface area contributed by atoms with Crippen LogP contribution in [0.5, 0.6) is 0 Å². The van der Waals surface area contributed by atoms with E-state index in [0.717, 1.165) is 66.9 Å². The van der Waals surface area contributed by atoms with Gasteiger partial charge in [-0.05, 0) is 62.4 Å². The number of furan rings is 1. The molecule has 44 heavy (non-hydrogen) atoms. The Morgan fingerprint density at radius 1 is 0.932 bits per heavy atom. The lowest BCUT2D eigenvalue weighted by molar-refractivity contribution is -0.137. The fraction of sp³-hybridized carbons (Fsp3) is 0.469. The molecule has 0 radical (unpaired) electrons. The van der Waals surface area contributed by atoms with Gasteiger partial charge in [-0.3, -0.25) is 14.7 Å². The molecule has 1 atom stereocenters. The van der Waals surface area contributed by atoms with Gasteiger partial charge in [-0.15, -0.1) is 0 Å². The third kappa shape index (κ3) is 6.88. The van der Waals surface area contributed by atoms with Crippen LogP contribution in [0.4, 0.5) is 29.3 Å². The van der Waals surface area contributed by atoms with Crippen molar-refractivity contribution in [3.63, 3.8) is 0 Å². The SMILES string of the molecule is CCOC(=O)N1CCN(Cc2ccco2)CC1N1CCN(CCCN2c3ccccc3Sc3ccc(C(F)(F)F)cc32)CC1. The molecule has 0 aliphatic carbocycles. The van der Waals surface area contributed by atoms with Crippen molar-refractivity contribution in [2.45, 2.75) is 42.0 Å². The molecule has 0 spiro atoms. The Bertz CT molecular complexity index is 1410. The van der Waals surface area contributed by atoms with E-state index in [1.54, 1.807) is 12.3 Å². The summed E-state index contributed by atoms with van der Waals surface area (Å²) in [5.41, 5.74) is 0.938. The molecule has 236 valence electrons. The molecule has 1 unspecified atom stereocenters. The molecule has 4 heterocycles. The fourth-order valence-corrected chi connectivity index (χ4v) is 7.38. The third-order valence-corrected chi connectivity index (χ3v) is 9.67. The summed E-state index contributed by atoms with van der Waals surface area (Å²) in [7, 11) is 0. The Morgan fingerprint density at radius 2 is 1.70 bits per heavy atom. The lowest BCUT2D eigenvalue weighted by Gasteiger charge is -2.48. The highest BCUT2D eigenvalue weighted by molar-refractivity contribution is 7.99. The van der Waals surface area contributed by atoms with Gasteiger partial charge in [-0.1, -0.05) is 23.9 Å². The zero-order valence-corrected chi connectivity index (χ0v) is 25.7. The number of benzene rings is 2. The quantitative estimate of drug-likeness (QED) is 0.292. The van der Waals surface area contributed by atoms with E-state index in [0.29, 0.717) is 38.5 Å². The summed E-state index contributed by atoms with van der Waals surface area (Å²) < 4.78 is 51.7. The first-order valence-corrected chi connectivity index (χ1v) is 16.0. The number of halogens is 3. The Hall–Kier alpha value is -3.19. The first kappa shape index (κ1) is 30.8. The molecule has 1 aromatic heterocycles. The summed E-state index contributed by atoms with van der Waals surface area (Å²) in [5, 5.41) is 0. The van der Waals surface area contributed by atoms with Crippen molar-refractivity contribution in [2.75, 3.05) is 70.4 Å². The van der Waals surface area contributed by atoms with Gasteiger partial charge in [0.05, 0.1) is 36.4 Å². The van der Waals surface area contributed by atoms with Crippen LogP contribution in [0.2, 0.25) is 0 Å². The predicted molar refractivity (Wildman–Crippen MR) is 163 cm³/mol. The number of carbonyl (C=O) groups excluding carboxylic acids is 1. The molecule has 8 nitrogen and oxygen atoms in total. The van der Waals surface area contributed by atoms with Gasteiger partial charge in [-0.2, -0.15) is 13.2 Å². The van der Waals surface area contributed by atoms with Crippen LogP contribution in [0.1, 0.15) is 24.7 Å². The highest BCUT2D eigenvalue weighted by atomic mass is 32.2. The van der Waals surface area contributed by atoms with E-state index in [9.17, 15) is 18.0 Å². The van der Waals surface area contributed by atoms with Crippen LogP contribution in [-0.4, -0.2) is 97.4 Å². The van der Waals surface area contributed by atoms with Gasteiger partial charge in [0.2, 0.25) is 0 Å². The van der Waals surface area contributed by atoms with Gasteiger partial charge in [0.1, 0.15) is 11.9 Å². The molecule has 3 aromatic rings. The standard InChI is InChI=1S/C32H38F3N5O3S/c1-2-42-31(41)40-19-16-37(22-25-7-5-20-43-25)23-30(40)38-17-14-36(15-18-38)12-6-13-39-26-8-3-4-9-28(26)44-29-11-10-24(21-27(29)39)32(33,34)35/h3-5,7-11,20-21,30H,2,6,12-19,22-23H2,1H3. The molecule has 0 bridgehead atoms. The van der Waals surface area contributed by atoms with Gasteiger partial charge in [0.15, 0.2) is 0 Å². The van der Waals surface area contributed by atoms with Crippen molar-refractivity contribution in [2.24, 2.45) is 0 Å². The molecule has 6 rings (SSSR count). The lowest BCUT2D eigenvalue weighted by Crippen LogP contribution is -2.64. The molecule has 0 saturated carbocycles. The van der Waals surface area contributed by atoms with Crippen LogP contribution in [0.25, 0.3) is 0 Å². The molecule has 2 saturated heterocycles. The van der Waals surface area contributed by atoms with Crippen LogP contribution >= 0.6 is 11.8 Å². The number of anilines is 2. The molecule has 2 aromatic carbocycles. The normalized spacial score (nSPS) is 20.0. The zero-order chi connectivity index (χ0) is 30.7. The average Bonchev–Trinajstić information content (AvgIpc) is 3.53. The van der Waals surface area contributed by atoms with Crippen molar-refractivity contribution in [3.05, 3.63) is 72.2 Å². The van der Waals surface area contributed by atoms with E-state index in [1.807, 2.05) is 53.1 Å². The summed E-state index contributed by atoms with van der Waals surface area (Å²) >= 11 is 1.52. The minimum absolute atomic E-state index is 0.0819. The van der Waals surface area contributed by atoms with Crippen molar-refractivity contribution in [3.8, 4) is 0 Å². The van der Waals surface area contributed by atoms with E-state index in [1.165, 1.54) is 23.9 Å². The monoisotopic (exact) mass is 629 g/mol. The van der Waals surface area contributed by atoms with Crippen molar-refractivity contribution < 1.29 is 27.1 Å². The van der Waals surface area contributed by atoms with E-state index in [2.05, 4.69) is 14.7 Å².